The highest BCUT2D eigenvalue weighted by atomic mass is 32.1. The molecule has 1 unspecified atom stereocenters. The number of fused-ring (bicyclic) bond motifs is 2. The van der Waals surface area contributed by atoms with Crippen molar-refractivity contribution in [2.24, 2.45) is 4.99 Å². The first kappa shape index (κ1) is 25.5. The van der Waals surface area contributed by atoms with Crippen molar-refractivity contribution in [1.82, 2.24) is 4.57 Å². The lowest BCUT2D eigenvalue weighted by atomic mass is 9.95. The molecule has 0 amide bonds. The Labute approximate surface area is 223 Å². The highest BCUT2D eigenvalue weighted by Crippen LogP contribution is 2.36. The quantitative estimate of drug-likeness (QED) is 0.333. The molecule has 38 heavy (non-hydrogen) atoms. The fourth-order valence-corrected chi connectivity index (χ4v) is 5.84. The molecule has 5 rings (SSSR count). The van der Waals surface area contributed by atoms with Gasteiger partial charge in [0.15, 0.2) is 4.80 Å². The zero-order chi connectivity index (χ0) is 26.8. The van der Waals surface area contributed by atoms with E-state index in [4.69, 9.17) is 14.2 Å². The number of methoxy groups -OCH3 is 1. The van der Waals surface area contributed by atoms with Gasteiger partial charge in [0.05, 0.1) is 36.1 Å². The van der Waals surface area contributed by atoms with Crippen LogP contribution in [0.4, 0.5) is 0 Å². The van der Waals surface area contributed by atoms with E-state index in [-0.39, 0.29) is 12.2 Å². The maximum absolute atomic E-state index is 14.1. The molecule has 1 atom stereocenters. The Morgan fingerprint density at radius 3 is 2.55 bits per heavy atom. The molecule has 0 fully saturated rings. The highest BCUT2D eigenvalue weighted by molar-refractivity contribution is 7.07. The van der Waals surface area contributed by atoms with Crippen LogP contribution in [0.25, 0.3) is 16.8 Å². The Kier molecular flexibility index (Phi) is 7.15. The zero-order valence-electron chi connectivity index (χ0n) is 21.7. The molecule has 1 aromatic heterocycles. The van der Waals surface area contributed by atoms with Crippen LogP contribution in [0, 0.1) is 0 Å². The van der Waals surface area contributed by atoms with Crippen molar-refractivity contribution in [3.05, 3.63) is 103 Å². The molecule has 3 aromatic carbocycles. The summed E-state index contributed by atoms with van der Waals surface area (Å²) in [5.74, 6) is 0.754. The molecule has 7 nitrogen and oxygen atoms in total. The van der Waals surface area contributed by atoms with Gasteiger partial charge in [0, 0.05) is 11.1 Å². The van der Waals surface area contributed by atoms with Crippen LogP contribution in [0.3, 0.4) is 0 Å². The van der Waals surface area contributed by atoms with Gasteiger partial charge in [0.2, 0.25) is 0 Å². The third-order valence-corrected chi connectivity index (χ3v) is 7.44. The molecular weight excluding hydrogens is 500 g/mol. The smallest absolute Gasteiger partial charge is 0.338 e. The number of esters is 1. The molecule has 0 saturated carbocycles. The third kappa shape index (κ3) is 4.41. The molecule has 0 aliphatic carbocycles. The number of benzene rings is 3. The van der Waals surface area contributed by atoms with E-state index in [2.05, 4.69) is 4.99 Å². The second-order valence-corrected chi connectivity index (χ2v) is 9.68. The summed E-state index contributed by atoms with van der Waals surface area (Å²) in [6.45, 7) is 6.15. The second kappa shape index (κ2) is 10.7. The molecule has 194 valence electrons. The minimum atomic E-state index is -0.748. The summed E-state index contributed by atoms with van der Waals surface area (Å²) >= 11 is 1.28. The van der Waals surface area contributed by atoms with E-state index in [1.165, 1.54) is 11.3 Å². The van der Waals surface area contributed by atoms with Gasteiger partial charge >= 0.3 is 5.97 Å². The number of allylic oxidation sites excluding steroid dienone is 1. The van der Waals surface area contributed by atoms with Crippen LogP contribution in [0.5, 0.6) is 11.5 Å². The highest BCUT2D eigenvalue weighted by Gasteiger charge is 2.35. The molecule has 0 saturated heterocycles. The Morgan fingerprint density at radius 2 is 1.79 bits per heavy atom. The number of ether oxygens (including phenoxy) is 3. The predicted octanol–water partition coefficient (Wildman–Crippen LogP) is 4.36. The topological polar surface area (TPSA) is 79.1 Å². The van der Waals surface area contributed by atoms with Crippen LogP contribution in [0.2, 0.25) is 0 Å². The molecule has 2 heterocycles. The van der Waals surface area contributed by atoms with Gasteiger partial charge in [-0.05, 0) is 49.8 Å². The Balaban J connectivity index is 1.80. The minimum absolute atomic E-state index is 0.208. The molecule has 0 spiro atoms. The number of thiazole rings is 1. The number of hydrogen-bond acceptors (Lipinski definition) is 7. The standard InChI is InChI=1S/C30H28N2O5S/c1-5-36-24-16-15-19-11-7-8-12-20(19)22(24)17-25-28(33)32-27(21-13-9-10-14-23(21)35-4)26(29(34)37-6-2)18(3)31-30(32)38-25/h7-17,27H,5-6H2,1-4H3/b25-17+. The molecule has 1 aliphatic heterocycles. The third-order valence-electron chi connectivity index (χ3n) is 6.46. The molecule has 0 N–H and O–H groups in total. The predicted molar refractivity (Wildman–Crippen MR) is 149 cm³/mol. The van der Waals surface area contributed by atoms with Gasteiger partial charge in [-0.1, -0.05) is 59.9 Å². The van der Waals surface area contributed by atoms with Gasteiger partial charge < -0.3 is 14.2 Å². The van der Waals surface area contributed by atoms with Gasteiger partial charge in [-0.25, -0.2) is 9.79 Å². The van der Waals surface area contributed by atoms with Crippen LogP contribution < -0.4 is 24.4 Å². The molecule has 8 heteroatoms. The van der Waals surface area contributed by atoms with Crippen molar-refractivity contribution in [1.29, 1.82) is 0 Å². The summed E-state index contributed by atoms with van der Waals surface area (Å²) in [7, 11) is 1.57. The van der Waals surface area contributed by atoms with Crippen LogP contribution in [-0.4, -0.2) is 30.9 Å². The second-order valence-electron chi connectivity index (χ2n) is 8.68. The Hall–Kier alpha value is -4.17. The van der Waals surface area contributed by atoms with Gasteiger partial charge in [-0.2, -0.15) is 0 Å². The van der Waals surface area contributed by atoms with Crippen LogP contribution in [-0.2, 0) is 9.53 Å². The number of aromatic nitrogens is 1. The van der Waals surface area contributed by atoms with Crippen molar-refractivity contribution >= 4 is 34.2 Å². The SMILES string of the molecule is CCOC(=O)C1=C(C)N=c2s/c(=C/c3c(OCC)ccc4ccccc34)c(=O)n2C1c1ccccc1OC. The van der Waals surface area contributed by atoms with E-state index in [0.717, 1.165) is 16.3 Å². The summed E-state index contributed by atoms with van der Waals surface area (Å²) in [5.41, 5.74) is 2.07. The zero-order valence-corrected chi connectivity index (χ0v) is 22.5. The lowest BCUT2D eigenvalue weighted by molar-refractivity contribution is -0.139. The molecule has 0 radical (unpaired) electrons. The fourth-order valence-electron chi connectivity index (χ4n) is 4.82. The Morgan fingerprint density at radius 1 is 1.03 bits per heavy atom. The fraction of sp³-hybridized carbons (Fsp3) is 0.233. The number of rotatable bonds is 7. The summed E-state index contributed by atoms with van der Waals surface area (Å²) in [6.07, 6.45) is 1.86. The minimum Gasteiger partial charge on any atom is -0.496 e. The normalized spacial score (nSPS) is 15.3. The average Bonchev–Trinajstić information content (AvgIpc) is 3.23. The number of carbonyl (C=O) groups is 1. The van der Waals surface area contributed by atoms with E-state index in [1.54, 1.807) is 25.5 Å². The lowest BCUT2D eigenvalue weighted by Crippen LogP contribution is -2.40. The molecule has 4 aromatic rings. The van der Waals surface area contributed by atoms with E-state index in [1.807, 2.05) is 73.7 Å². The van der Waals surface area contributed by atoms with E-state index < -0.39 is 12.0 Å². The average molecular weight is 529 g/mol. The van der Waals surface area contributed by atoms with Crippen molar-refractivity contribution in [3.63, 3.8) is 0 Å². The van der Waals surface area contributed by atoms with Gasteiger partial charge in [-0.3, -0.25) is 9.36 Å². The first-order valence-corrected chi connectivity index (χ1v) is 13.3. The molecule has 0 bridgehead atoms. The number of carbonyl (C=O) groups excluding carboxylic acids is 1. The first-order valence-electron chi connectivity index (χ1n) is 12.5. The van der Waals surface area contributed by atoms with Crippen LogP contribution in [0.15, 0.2) is 81.7 Å². The number of hydrogen-bond donors (Lipinski definition) is 0. The van der Waals surface area contributed by atoms with E-state index in [9.17, 15) is 9.59 Å². The first-order chi connectivity index (χ1) is 18.5. The summed E-state index contributed by atoms with van der Waals surface area (Å²) in [5, 5.41) is 2.02. The lowest BCUT2D eigenvalue weighted by Gasteiger charge is -2.25. The van der Waals surface area contributed by atoms with E-state index in [0.29, 0.717) is 44.3 Å². The summed E-state index contributed by atoms with van der Waals surface area (Å²) in [6, 6.07) is 18.6. The van der Waals surface area contributed by atoms with E-state index >= 15 is 0 Å². The maximum Gasteiger partial charge on any atom is 0.338 e. The summed E-state index contributed by atoms with van der Waals surface area (Å²) in [4.78, 5) is 32.4. The molecular formula is C30H28N2O5S. The van der Waals surface area contributed by atoms with Gasteiger partial charge in [0.1, 0.15) is 17.5 Å². The largest absolute Gasteiger partial charge is 0.496 e. The monoisotopic (exact) mass is 528 g/mol. The van der Waals surface area contributed by atoms with Crippen LogP contribution >= 0.6 is 11.3 Å². The Bertz CT molecular complexity index is 1750. The van der Waals surface area contributed by atoms with Crippen molar-refractivity contribution in [2.75, 3.05) is 20.3 Å². The maximum atomic E-state index is 14.1. The van der Waals surface area contributed by atoms with Crippen molar-refractivity contribution < 1.29 is 19.0 Å². The number of para-hydroxylation sites is 1. The van der Waals surface area contributed by atoms with Crippen LogP contribution in [0.1, 0.15) is 37.9 Å². The van der Waals surface area contributed by atoms with Gasteiger partial charge in [0.25, 0.3) is 5.56 Å². The van der Waals surface area contributed by atoms with Crippen molar-refractivity contribution in [3.8, 4) is 11.5 Å². The molecule has 1 aliphatic rings. The van der Waals surface area contributed by atoms with Crippen molar-refractivity contribution in [2.45, 2.75) is 26.8 Å². The van der Waals surface area contributed by atoms with Gasteiger partial charge in [-0.15, -0.1) is 0 Å². The number of nitrogens with zero attached hydrogens (tertiary/aromatic N) is 2. The summed E-state index contributed by atoms with van der Waals surface area (Å²) < 4.78 is 19.0.